The third kappa shape index (κ3) is 3.77. The largest absolute Gasteiger partial charge is 0.369 e. The number of amides is 2. The van der Waals surface area contributed by atoms with Crippen molar-refractivity contribution in [3.05, 3.63) is 47.5 Å². The number of H-pyrrole nitrogens is 1. The van der Waals surface area contributed by atoms with Gasteiger partial charge in [0.2, 0.25) is 0 Å². The molecule has 158 valence electrons. The highest BCUT2D eigenvalue weighted by Crippen LogP contribution is 2.31. The van der Waals surface area contributed by atoms with E-state index in [-0.39, 0.29) is 17.4 Å². The highest BCUT2D eigenvalue weighted by molar-refractivity contribution is 6.08. The molecule has 0 bridgehead atoms. The van der Waals surface area contributed by atoms with E-state index >= 15 is 0 Å². The molecule has 1 aromatic carbocycles. The molecule has 8 heteroatoms. The maximum atomic E-state index is 12.7. The molecule has 8 nitrogen and oxygen atoms in total. The monoisotopic (exact) mass is 409 g/mol. The number of hydrogen-bond donors (Lipinski definition) is 3. The van der Waals surface area contributed by atoms with E-state index in [0.717, 1.165) is 36.0 Å². The third-order valence-electron chi connectivity index (χ3n) is 5.54. The van der Waals surface area contributed by atoms with Gasteiger partial charge in [0, 0.05) is 47.9 Å². The van der Waals surface area contributed by atoms with E-state index < -0.39 is 5.91 Å². The first-order valence-electron chi connectivity index (χ1n) is 10.2. The molecule has 1 atom stereocenters. The van der Waals surface area contributed by atoms with E-state index in [2.05, 4.69) is 20.4 Å². The number of nitrogens with two attached hydrogens (primary N) is 1. The van der Waals surface area contributed by atoms with Crippen LogP contribution in [0.3, 0.4) is 0 Å². The summed E-state index contributed by atoms with van der Waals surface area (Å²) in [4.78, 5) is 29.7. The lowest BCUT2D eigenvalue weighted by Gasteiger charge is -2.35. The number of piperidine rings is 1. The quantitative estimate of drug-likeness (QED) is 0.612. The minimum Gasteiger partial charge on any atom is -0.369 e. The van der Waals surface area contributed by atoms with Gasteiger partial charge in [-0.2, -0.15) is 0 Å². The Hall–Kier alpha value is -3.29. The molecule has 4 N–H and O–H groups in total. The Bertz CT molecular complexity index is 1090. The van der Waals surface area contributed by atoms with Crippen molar-refractivity contribution in [2.45, 2.75) is 45.1 Å². The van der Waals surface area contributed by atoms with Crippen molar-refractivity contribution in [1.29, 1.82) is 0 Å². The van der Waals surface area contributed by atoms with Crippen molar-refractivity contribution in [2.75, 3.05) is 18.0 Å². The second-order valence-electron chi connectivity index (χ2n) is 8.85. The fraction of sp³-hybridized carbons (Fsp3) is 0.409. The van der Waals surface area contributed by atoms with Gasteiger partial charge in [-0.05, 0) is 31.0 Å². The first-order chi connectivity index (χ1) is 14.2. The molecule has 2 amide bonds. The number of carbonyl (C=O) groups excluding carboxylic acids is 2. The van der Waals surface area contributed by atoms with Gasteiger partial charge < -0.3 is 25.5 Å². The molecule has 1 aliphatic heterocycles. The number of rotatable bonds is 4. The minimum absolute atomic E-state index is 0.00848. The number of primary amides is 1. The van der Waals surface area contributed by atoms with E-state index in [0.29, 0.717) is 23.6 Å². The predicted molar refractivity (Wildman–Crippen MR) is 115 cm³/mol. The van der Waals surface area contributed by atoms with Crippen LogP contribution < -0.4 is 16.0 Å². The van der Waals surface area contributed by atoms with E-state index in [1.807, 2.05) is 32.9 Å². The molecule has 0 radical (unpaired) electrons. The van der Waals surface area contributed by atoms with Gasteiger partial charge in [0.05, 0.1) is 11.1 Å². The summed E-state index contributed by atoms with van der Waals surface area (Å²) in [6.07, 6.45) is 3.64. The number of carbonyl (C=O) groups is 2. The summed E-state index contributed by atoms with van der Waals surface area (Å²) in [7, 11) is 0. The van der Waals surface area contributed by atoms with Gasteiger partial charge in [-0.15, -0.1) is 0 Å². The fourth-order valence-corrected chi connectivity index (χ4v) is 3.93. The van der Waals surface area contributed by atoms with Crippen molar-refractivity contribution in [3.8, 4) is 0 Å². The lowest BCUT2D eigenvalue weighted by Crippen LogP contribution is -2.48. The van der Waals surface area contributed by atoms with Gasteiger partial charge in [-0.1, -0.05) is 25.9 Å². The van der Waals surface area contributed by atoms with Crippen LogP contribution in [-0.4, -0.2) is 41.1 Å². The molecule has 0 spiro atoms. The smallest absolute Gasteiger partial charge is 0.273 e. The highest BCUT2D eigenvalue weighted by Gasteiger charge is 2.26. The fourth-order valence-electron chi connectivity index (χ4n) is 3.93. The van der Waals surface area contributed by atoms with Gasteiger partial charge >= 0.3 is 0 Å². The van der Waals surface area contributed by atoms with Crippen LogP contribution in [0.5, 0.6) is 0 Å². The second-order valence-corrected chi connectivity index (χ2v) is 8.85. The van der Waals surface area contributed by atoms with Crippen LogP contribution in [0.25, 0.3) is 10.9 Å². The number of aromatic nitrogens is 2. The number of nitrogens with one attached hydrogen (secondary N) is 2. The molecule has 0 aliphatic carbocycles. The summed E-state index contributed by atoms with van der Waals surface area (Å²) in [6, 6.07) is 7.33. The summed E-state index contributed by atoms with van der Waals surface area (Å²) < 4.78 is 5.34. The van der Waals surface area contributed by atoms with Crippen molar-refractivity contribution in [1.82, 2.24) is 15.5 Å². The molecule has 0 saturated carbocycles. The molecule has 4 rings (SSSR count). The lowest BCUT2D eigenvalue weighted by molar-refractivity contribution is 0.0922. The van der Waals surface area contributed by atoms with E-state index in [4.69, 9.17) is 10.3 Å². The minimum atomic E-state index is -0.458. The molecule has 3 aromatic rings. The van der Waals surface area contributed by atoms with Gasteiger partial charge in [-0.3, -0.25) is 9.59 Å². The number of fused-ring (bicyclic) bond motifs is 1. The maximum absolute atomic E-state index is 12.7. The first kappa shape index (κ1) is 20.0. The summed E-state index contributed by atoms with van der Waals surface area (Å²) in [5, 5.41) is 7.97. The molecule has 1 fully saturated rings. The average molecular weight is 409 g/mol. The Morgan fingerprint density at radius 2 is 2.10 bits per heavy atom. The van der Waals surface area contributed by atoms with Crippen molar-refractivity contribution >= 4 is 28.4 Å². The van der Waals surface area contributed by atoms with Gasteiger partial charge in [0.15, 0.2) is 5.69 Å². The molecular formula is C22H27N5O3. The zero-order valence-electron chi connectivity index (χ0n) is 17.5. The average Bonchev–Trinajstić information content (AvgIpc) is 3.36. The SMILES string of the molecule is CC(C)(C)c1cc(C(=O)NC2CCCN(c3ccc(C(N)=O)c4[nH]ccc34)C2)no1. The topological polar surface area (TPSA) is 117 Å². The van der Waals surface area contributed by atoms with Crippen LogP contribution in [0.15, 0.2) is 35.0 Å². The number of anilines is 1. The van der Waals surface area contributed by atoms with Crippen LogP contribution in [0.2, 0.25) is 0 Å². The summed E-state index contributed by atoms with van der Waals surface area (Å²) in [5.74, 6) is -0.000647. The van der Waals surface area contributed by atoms with Crippen LogP contribution in [0, 0.1) is 0 Å². The second kappa shape index (κ2) is 7.51. The normalized spacial score (nSPS) is 17.3. The standard InChI is InChI=1S/C22H27N5O3/c1-22(2,3)18-11-16(26-30-18)21(29)25-13-5-4-10-27(12-13)17-7-6-15(20(23)28)19-14(17)8-9-24-19/h6-9,11,13,24H,4-5,10,12H2,1-3H3,(H2,23,28)(H,25,29). The number of nitrogens with zero attached hydrogens (tertiary/aromatic N) is 2. The Morgan fingerprint density at radius 1 is 1.30 bits per heavy atom. The Morgan fingerprint density at radius 3 is 2.80 bits per heavy atom. The van der Waals surface area contributed by atoms with E-state index in [1.165, 1.54) is 0 Å². The van der Waals surface area contributed by atoms with Crippen LogP contribution >= 0.6 is 0 Å². The Kier molecular flexibility index (Phi) is 5.01. The van der Waals surface area contributed by atoms with Crippen molar-refractivity contribution in [3.63, 3.8) is 0 Å². The van der Waals surface area contributed by atoms with Crippen molar-refractivity contribution in [2.24, 2.45) is 5.73 Å². The summed E-state index contributed by atoms with van der Waals surface area (Å²) >= 11 is 0. The van der Waals surface area contributed by atoms with E-state index in [9.17, 15) is 9.59 Å². The van der Waals surface area contributed by atoms with Crippen LogP contribution in [0.4, 0.5) is 5.69 Å². The van der Waals surface area contributed by atoms with E-state index in [1.54, 1.807) is 18.3 Å². The summed E-state index contributed by atoms with van der Waals surface area (Å²) in [5.41, 5.74) is 7.83. The van der Waals surface area contributed by atoms with Gasteiger partial charge in [0.25, 0.3) is 11.8 Å². The highest BCUT2D eigenvalue weighted by atomic mass is 16.5. The van der Waals surface area contributed by atoms with Gasteiger partial charge in [0.1, 0.15) is 5.76 Å². The lowest BCUT2D eigenvalue weighted by atomic mass is 9.93. The molecule has 1 saturated heterocycles. The maximum Gasteiger partial charge on any atom is 0.273 e. The molecule has 1 unspecified atom stereocenters. The van der Waals surface area contributed by atoms with Crippen molar-refractivity contribution < 1.29 is 14.1 Å². The number of benzene rings is 1. The summed E-state index contributed by atoms with van der Waals surface area (Å²) in [6.45, 7) is 7.59. The Balaban J connectivity index is 1.50. The molecule has 2 aromatic heterocycles. The van der Waals surface area contributed by atoms with Crippen LogP contribution in [-0.2, 0) is 5.41 Å². The van der Waals surface area contributed by atoms with Gasteiger partial charge in [-0.25, -0.2) is 0 Å². The zero-order valence-corrected chi connectivity index (χ0v) is 17.5. The molecule has 1 aliphatic rings. The Labute approximate surface area is 174 Å². The third-order valence-corrected chi connectivity index (χ3v) is 5.54. The zero-order chi connectivity index (χ0) is 21.5. The molecular weight excluding hydrogens is 382 g/mol. The number of aromatic amines is 1. The molecule has 3 heterocycles. The number of hydrogen-bond acceptors (Lipinski definition) is 5. The predicted octanol–water partition coefficient (Wildman–Crippen LogP) is 2.95. The van der Waals surface area contributed by atoms with Crippen LogP contribution in [0.1, 0.15) is 60.2 Å². The molecule has 30 heavy (non-hydrogen) atoms. The first-order valence-corrected chi connectivity index (χ1v) is 10.2.